The lowest BCUT2D eigenvalue weighted by Crippen LogP contribution is -2.26. The predicted molar refractivity (Wildman–Crippen MR) is 117 cm³/mol. The second-order valence-corrected chi connectivity index (χ2v) is 7.28. The first kappa shape index (κ1) is 22.6. The number of hydrogen-bond acceptors (Lipinski definition) is 5. The molecule has 0 saturated heterocycles. The molecule has 0 atom stereocenters. The van der Waals surface area contributed by atoms with Gasteiger partial charge in [0.05, 0.1) is 21.4 Å². The largest absolute Gasteiger partial charge is 0.482 e. The van der Waals surface area contributed by atoms with Crippen LogP contribution < -0.4 is 15.6 Å². The van der Waals surface area contributed by atoms with E-state index in [2.05, 4.69) is 21.1 Å². The lowest BCUT2D eigenvalue weighted by atomic mass is 10.3. The van der Waals surface area contributed by atoms with E-state index in [-0.39, 0.29) is 17.5 Å². The minimum atomic E-state index is -0.511. The summed E-state index contributed by atoms with van der Waals surface area (Å²) >= 11 is 29.6. The summed E-state index contributed by atoms with van der Waals surface area (Å²) in [5.74, 6) is -0.186. The van der Waals surface area contributed by atoms with Gasteiger partial charge in [-0.25, -0.2) is 5.43 Å². The number of rotatable bonds is 7. The zero-order valence-electron chi connectivity index (χ0n) is 14.3. The number of carbonyl (C=O) groups excluding carboxylic acids is 1. The van der Waals surface area contributed by atoms with Gasteiger partial charge in [0.2, 0.25) is 0 Å². The molecule has 0 unspecified atom stereocenters. The lowest BCUT2D eigenvalue weighted by Gasteiger charge is -2.07. The third kappa shape index (κ3) is 7.04. The maximum atomic E-state index is 11.8. The molecule has 0 radical (unpaired) electrons. The van der Waals surface area contributed by atoms with E-state index in [4.69, 9.17) is 62.7 Å². The molecule has 2 aromatic rings. The van der Waals surface area contributed by atoms with Crippen molar-refractivity contribution in [1.29, 1.82) is 0 Å². The Bertz CT molecular complexity index is 934. The average molecular weight is 483 g/mol. The third-order valence-electron chi connectivity index (χ3n) is 3.11. The van der Waals surface area contributed by atoms with Gasteiger partial charge in [-0.1, -0.05) is 58.0 Å². The molecule has 0 heterocycles. The molecule has 6 nitrogen and oxygen atoms in total. The molecule has 1 amide bonds. The zero-order chi connectivity index (χ0) is 20.7. The van der Waals surface area contributed by atoms with E-state index in [1.165, 1.54) is 6.07 Å². The van der Waals surface area contributed by atoms with Gasteiger partial charge in [-0.05, 0) is 43.3 Å². The van der Waals surface area contributed by atoms with E-state index < -0.39 is 5.91 Å². The first-order chi connectivity index (χ1) is 13.3. The van der Waals surface area contributed by atoms with Gasteiger partial charge in [-0.15, -0.1) is 0 Å². The fourth-order valence-corrected chi connectivity index (χ4v) is 2.73. The van der Waals surface area contributed by atoms with Crippen LogP contribution in [0.2, 0.25) is 20.1 Å². The molecule has 0 saturated carbocycles. The van der Waals surface area contributed by atoms with Crippen LogP contribution in [0.4, 0.5) is 5.69 Å². The number of hydrazone groups is 2. The molecule has 11 heteroatoms. The molecule has 0 fully saturated rings. The quantitative estimate of drug-likeness (QED) is 0.385. The highest BCUT2D eigenvalue weighted by Crippen LogP contribution is 2.27. The molecular formula is C17H13Cl5N4O2. The lowest BCUT2D eigenvalue weighted by molar-refractivity contribution is -0.123. The second kappa shape index (κ2) is 10.7. The number of nitrogens with zero attached hydrogens (tertiary/aromatic N) is 2. The third-order valence-corrected chi connectivity index (χ3v) is 4.54. The molecule has 0 spiro atoms. The fourth-order valence-electron chi connectivity index (χ4n) is 1.73. The minimum Gasteiger partial charge on any atom is -0.482 e. The van der Waals surface area contributed by atoms with Gasteiger partial charge in [0.1, 0.15) is 5.75 Å². The molecule has 0 aliphatic rings. The Hall–Kier alpha value is -1.70. The molecule has 148 valence electrons. The van der Waals surface area contributed by atoms with Crippen molar-refractivity contribution in [3.05, 3.63) is 56.5 Å². The van der Waals surface area contributed by atoms with Crippen molar-refractivity contribution in [2.45, 2.75) is 6.92 Å². The van der Waals surface area contributed by atoms with E-state index in [0.29, 0.717) is 31.5 Å². The zero-order valence-corrected chi connectivity index (χ0v) is 18.1. The van der Waals surface area contributed by atoms with Crippen LogP contribution in [0.25, 0.3) is 0 Å². The number of hydrogen-bond donors (Lipinski definition) is 2. The molecule has 0 aromatic heterocycles. The minimum absolute atomic E-state index is 0.0213. The van der Waals surface area contributed by atoms with Crippen LogP contribution in [0.3, 0.4) is 0 Å². The van der Waals surface area contributed by atoms with E-state index in [1.807, 2.05) is 0 Å². The van der Waals surface area contributed by atoms with E-state index >= 15 is 0 Å². The van der Waals surface area contributed by atoms with Crippen molar-refractivity contribution >= 4 is 80.5 Å². The molecule has 0 aliphatic carbocycles. The topological polar surface area (TPSA) is 75.1 Å². The Morgan fingerprint density at radius 1 is 1.00 bits per heavy atom. The monoisotopic (exact) mass is 480 g/mol. The molecule has 2 rings (SSSR count). The Labute approximate surface area is 186 Å². The standard InChI is InChI=1S/C17H13Cl5N4O2/c1-9(17(22)26-24-14-4-2-10(18)6-12(14)20)23-25-16(27)8-28-15-5-3-11(19)7-13(15)21/h2-7,24H,8H2,1H3,(H,25,27). The Morgan fingerprint density at radius 3 is 2.29 bits per heavy atom. The normalized spacial score (nSPS) is 11.9. The van der Waals surface area contributed by atoms with Gasteiger partial charge in [0.15, 0.2) is 11.8 Å². The first-order valence-corrected chi connectivity index (χ1v) is 9.51. The smallest absolute Gasteiger partial charge is 0.277 e. The van der Waals surface area contributed by atoms with Crippen molar-refractivity contribution in [2.75, 3.05) is 12.0 Å². The van der Waals surface area contributed by atoms with Gasteiger partial charge in [0, 0.05) is 10.0 Å². The van der Waals surface area contributed by atoms with E-state index in [1.54, 1.807) is 37.3 Å². The maximum absolute atomic E-state index is 11.8. The summed E-state index contributed by atoms with van der Waals surface area (Å²) in [6.07, 6.45) is 0. The van der Waals surface area contributed by atoms with Crippen LogP contribution in [-0.2, 0) is 4.79 Å². The highest BCUT2D eigenvalue weighted by atomic mass is 35.5. The number of benzene rings is 2. The summed E-state index contributed by atoms with van der Waals surface area (Å²) < 4.78 is 5.30. The Balaban J connectivity index is 1.88. The number of amides is 1. The van der Waals surface area contributed by atoms with Crippen molar-refractivity contribution in [3.8, 4) is 5.75 Å². The number of ether oxygens (including phenoxy) is 1. The maximum Gasteiger partial charge on any atom is 0.277 e. The number of nitrogens with one attached hydrogen (secondary N) is 2. The summed E-state index contributed by atoms with van der Waals surface area (Å²) in [6.45, 7) is 1.26. The van der Waals surface area contributed by atoms with Crippen molar-refractivity contribution in [2.24, 2.45) is 10.2 Å². The summed E-state index contributed by atoms with van der Waals surface area (Å²) in [4.78, 5) is 11.8. The van der Waals surface area contributed by atoms with Gasteiger partial charge in [-0.2, -0.15) is 10.2 Å². The van der Waals surface area contributed by atoms with E-state index in [9.17, 15) is 4.79 Å². The van der Waals surface area contributed by atoms with Crippen LogP contribution in [-0.4, -0.2) is 23.4 Å². The van der Waals surface area contributed by atoms with Crippen molar-refractivity contribution in [1.82, 2.24) is 5.43 Å². The highest BCUT2D eigenvalue weighted by molar-refractivity contribution is 6.83. The number of anilines is 1. The van der Waals surface area contributed by atoms with Gasteiger partial charge >= 0.3 is 0 Å². The van der Waals surface area contributed by atoms with Crippen LogP contribution in [0.5, 0.6) is 5.75 Å². The van der Waals surface area contributed by atoms with Gasteiger partial charge < -0.3 is 4.74 Å². The highest BCUT2D eigenvalue weighted by Gasteiger charge is 2.07. The summed E-state index contributed by atoms with van der Waals surface area (Å²) in [5.41, 5.74) is 5.76. The molecular weight excluding hydrogens is 469 g/mol. The molecule has 0 aliphatic heterocycles. The summed E-state index contributed by atoms with van der Waals surface area (Å²) in [5, 5.41) is 9.43. The SMILES string of the molecule is CC(=NNC(=O)COc1ccc(Cl)cc1Cl)C(Cl)=NNc1ccc(Cl)cc1Cl. The van der Waals surface area contributed by atoms with Crippen LogP contribution in [0.1, 0.15) is 6.92 Å². The number of carbonyl (C=O) groups is 1. The molecule has 28 heavy (non-hydrogen) atoms. The van der Waals surface area contributed by atoms with Crippen LogP contribution in [0, 0.1) is 0 Å². The average Bonchev–Trinajstić information content (AvgIpc) is 2.64. The second-order valence-electron chi connectivity index (χ2n) is 5.23. The van der Waals surface area contributed by atoms with E-state index in [0.717, 1.165) is 0 Å². The summed E-state index contributed by atoms with van der Waals surface area (Å²) in [7, 11) is 0. The Morgan fingerprint density at radius 2 is 1.64 bits per heavy atom. The molecule has 2 aromatic carbocycles. The van der Waals surface area contributed by atoms with Gasteiger partial charge in [0.25, 0.3) is 5.91 Å². The predicted octanol–water partition coefficient (Wildman–Crippen LogP) is 5.84. The first-order valence-electron chi connectivity index (χ1n) is 7.62. The van der Waals surface area contributed by atoms with Crippen LogP contribution in [0.15, 0.2) is 46.6 Å². The van der Waals surface area contributed by atoms with Crippen molar-refractivity contribution < 1.29 is 9.53 Å². The fraction of sp³-hybridized carbons (Fsp3) is 0.118. The Kier molecular flexibility index (Phi) is 8.66. The van der Waals surface area contributed by atoms with Crippen molar-refractivity contribution in [3.63, 3.8) is 0 Å². The number of halogens is 5. The molecule has 2 N–H and O–H groups in total. The summed E-state index contributed by atoms with van der Waals surface area (Å²) in [6, 6.07) is 9.51. The molecule has 0 bridgehead atoms. The van der Waals surface area contributed by atoms with Crippen LogP contribution >= 0.6 is 58.0 Å². The van der Waals surface area contributed by atoms with Gasteiger partial charge in [-0.3, -0.25) is 10.2 Å².